The van der Waals surface area contributed by atoms with Crippen molar-refractivity contribution in [3.05, 3.63) is 84.2 Å². The van der Waals surface area contributed by atoms with Crippen LogP contribution in [0.1, 0.15) is 22.1 Å². The van der Waals surface area contributed by atoms with E-state index in [2.05, 4.69) is 10.1 Å². The third kappa shape index (κ3) is 3.09. The number of benzene rings is 2. The Labute approximate surface area is 159 Å². The van der Waals surface area contributed by atoms with Crippen molar-refractivity contribution in [2.24, 2.45) is 0 Å². The second-order valence-electron chi connectivity index (χ2n) is 6.20. The lowest BCUT2D eigenvalue weighted by molar-refractivity contribution is -0.115. The van der Waals surface area contributed by atoms with Gasteiger partial charge in [-0.25, -0.2) is 14.5 Å². The zero-order chi connectivity index (χ0) is 19.7. The quantitative estimate of drug-likeness (QED) is 0.728. The molecule has 0 saturated carbocycles. The number of hydrogen-bond donors (Lipinski definition) is 2. The van der Waals surface area contributed by atoms with Gasteiger partial charge in [-0.1, -0.05) is 30.4 Å². The summed E-state index contributed by atoms with van der Waals surface area (Å²) in [5.74, 6) is -1.11. The topological polar surface area (TPSA) is 105 Å². The second-order valence-corrected chi connectivity index (χ2v) is 6.20. The van der Waals surface area contributed by atoms with Crippen LogP contribution in [0.3, 0.4) is 0 Å². The Morgan fingerprint density at radius 2 is 1.79 bits per heavy atom. The number of carbonyl (C=O) groups excluding carboxylic acids is 1. The van der Waals surface area contributed by atoms with E-state index in [1.165, 1.54) is 29.0 Å². The van der Waals surface area contributed by atoms with Crippen molar-refractivity contribution in [3.63, 3.8) is 0 Å². The van der Waals surface area contributed by atoms with Crippen molar-refractivity contribution in [1.29, 1.82) is 0 Å². The van der Waals surface area contributed by atoms with Gasteiger partial charge in [0, 0.05) is 0 Å². The van der Waals surface area contributed by atoms with E-state index in [4.69, 9.17) is 5.11 Å². The van der Waals surface area contributed by atoms with Crippen molar-refractivity contribution >= 4 is 11.8 Å². The average molecular weight is 373 g/mol. The molecule has 0 radical (unpaired) electrons. The lowest BCUT2D eigenvalue weighted by atomic mass is 9.99. The Balaban J connectivity index is 1.87. The molecule has 1 aromatic heterocycles. The van der Waals surface area contributed by atoms with Gasteiger partial charge in [-0.15, -0.1) is 5.10 Å². The first kappa shape index (κ1) is 17.4. The van der Waals surface area contributed by atoms with Gasteiger partial charge in [-0.3, -0.25) is 4.79 Å². The Kier molecular flexibility index (Phi) is 4.33. The van der Waals surface area contributed by atoms with Gasteiger partial charge in [0.1, 0.15) is 11.7 Å². The Hall–Kier alpha value is -4.00. The number of carboxylic acids is 1. The maximum Gasteiger partial charge on any atom is 0.335 e. The van der Waals surface area contributed by atoms with Crippen LogP contribution in [0.25, 0.3) is 17.1 Å². The summed E-state index contributed by atoms with van der Waals surface area (Å²) in [6, 6.07) is 12.8. The summed E-state index contributed by atoms with van der Waals surface area (Å²) < 4.78 is 1.50. The number of allylic oxidation sites excluding steroid dienone is 4. The van der Waals surface area contributed by atoms with Gasteiger partial charge in [-0.2, -0.15) is 0 Å². The molecule has 1 atom stereocenters. The van der Waals surface area contributed by atoms with Crippen LogP contribution in [0.2, 0.25) is 0 Å². The van der Waals surface area contributed by atoms with Crippen LogP contribution >= 0.6 is 0 Å². The highest BCUT2D eigenvalue weighted by molar-refractivity contribution is 5.97. The minimum atomic E-state index is -1.03. The first-order valence-electron chi connectivity index (χ1n) is 8.52. The Bertz CT molecular complexity index is 1130. The fourth-order valence-corrected chi connectivity index (χ4v) is 2.96. The van der Waals surface area contributed by atoms with E-state index < -0.39 is 11.9 Å². The minimum absolute atomic E-state index is 0.0234. The van der Waals surface area contributed by atoms with E-state index in [1.54, 1.807) is 48.6 Å². The zero-order valence-electron chi connectivity index (χ0n) is 14.6. The Morgan fingerprint density at radius 1 is 1.04 bits per heavy atom. The normalized spacial score (nSPS) is 15.7. The number of phenolic OH excluding ortho intramolecular Hbond substituents is 1. The number of nitrogens with zero attached hydrogens (tertiary/aromatic N) is 3. The van der Waals surface area contributed by atoms with Crippen LogP contribution in [0.15, 0.2) is 72.8 Å². The number of rotatable bonds is 4. The molecule has 1 unspecified atom stereocenters. The van der Waals surface area contributed by atoms with E-state index in [-0.39, 0.29) is 17.1 Å². The highest BCUT2D eigenvalue weighted by atomic mass is 16.4. The zero-order valence-corrected chi connectivity index (χ0v) is 14.6. The van der Waals surface area contributed by atoms with Crippen molar-refractivity contribution < 1.29 is 19.8 Å². The third-order valence-corrected chi connectivity index (χ3v) is 4.39. The molecule has 2 N–H and O–H groups in total. The molecule has 1 aliphatic rings. The summed E-state index contributed by atoms with van der Waals surface area (Å²) in [5, 5.41) is 23.9. The third-order valence-electron chi connectivity index (χ3n) is 4.39. The summed E-state index contributed by atoms with van der Waals surface area (Å²) in [6.45, 7) is 0. The van der Waals surface area contributed by atoms with Gasteiger partial charge >= 0.3 is 5.97 Å². The molecule has 4 rings (SSSR count). The fourth-order valence-electron chi connectivity index (χ4n) is 2.96. The molecular formula is C21H15N3O4. The molecule has 0 spiro atoms. The number of carbonyl (C=O) groups is 2. The molecule has 28 heavy (non-hydrogen) atoms. The average Bonchev–Trinajstić information content (AvgIpc) is 3.13. The number of aromatic hydroxyl groups is 1. The van der Waals surface area contributed by atoms with E-state index in [0.29, 0.717) is 22.9 Å². The van der Waals surface area contributed by atoms with Crippen molar-refractivity contribution in [1.82, 2.24) is 14.8 Å². The van der Waals surface area contributed by atoms with Gasteiger partial charge < -0.3 is 10.2 Å². The number of phenols is 1. The first-order chi connectivity index (χ1) is 13.5. The predicted octanol–water partition coefficient (Wildman–Crippen LogP) is 3.12. The van der Waals surface area contributed by atoms with E-state index in [0.717, 1.165) is 0 Å². The van der Waals surface area contributed by atoms with Gasteiger partial charge in [-0.05, 0) is 42.5 Å². The maximum atomic E-state index is 12.2. The molecule has 0 amide bonds. The number of aromatic carboxylic acids is 1. The maximum absolute atomic E-state index is 12.2. The lowest BCUT2D eigenvalue weighted by Gasteiger charge is -2.08. The van der Waals surface area contributed by atoms with Crippen LogP contribution < -0.4 is 0 Å². The SMILES string of the molecule is O=C(O)c1ccc(-n2nc(C3C=CC=CC3=O)nc2-c2ccccc2O)cc1. The number of aromatic nitrogens is 3. The van der Waals surface area contributed by atoms with Gasteiger partial charge in [0.25, 0.3) is 0 Å². The minimum Gasteiger partial charge on any atom is -0.507 e. The van der Waals surface area contributed by atoms with Gasteiger partial charge in [0.05, 0.1) is 16.8 Å². The van der Waals surface area contributed by atoms with Crippen LogP contribution in [0.4, 0.5) is 0 Å². The standard InChI is InChI=1S/C21H15N3O4/c25-17-7-3-1-5-15(17)19-22-20(16-6-2-4-8-18(16)26)24(23-19)14-11-9-13(10-12-14)21(27)28/h1-12,15,26H,(H,27,28). The van der Waals surface area contributed by atoms with E-state index >= 15 is 0 Å². The Morgan fingerprint density at radius 3 is 2.46 bits per heavy atom. The van der Waals surface area contributed by atoms with E-state index in [9.17, 15) is 14.7 Å². The van der Waals surface area contributed by atoms with Gasteiger partial charge in [0.15, 0.2) is 17.4 Å². The number of hydrogen-bond acceptors (Lipinski definition) is 5. The molecule has 1 heterocycles. The van der Waals surface area contributed by atoms with E-state index in [1.807, 2.05) is 0 Å². The molecule has 2 aromatic carbocycles. The number of para-hydroxylation sites is 1. The van der Waals surface area contributed by atoms with Crippen molar-refractivity contribution in [2.45, 2.75) is 5.92 Å². The largest absolute Gasteiger partial charge is 0.507 e. The van der Waals surface area contributed by atoms with Crippen LogP contribution in [0.5, 0.6) is 5.75 Å². The highest BCUT2D eigenvalue weighted by Crippen LogP contribution is 2.31. The molecule has 7 heteroatoms. The molecule has 0 bridgehead atoms. The summed E-state index contributed by atoms with van der Waals surface area (Å²) in [4.78, 5) is 27.9. The predicted molar refractivity (Wildman–Crippen MR) is 101 cm³/mol. The number of carboxylic acid groups (broad SMARTS) is 1. The highest BCUT2D eigenvalue weighted by Gasteiger charge is 2.25. The second kappa shape index (κ2) is 6.96. The summed E-state index contributed by atoms with van der Waals surface area (Å²) in [5.41, 5.74) is 1.15. The molecule has 0 fully saturated rings. The molecule has 3 aromatic rings. The number of ketones is 1. The van der Waals surface area contributed by atoms with Crippen molar-refractivity contribution in [2.75, 3.05) is 0 Å². The molecule has 138 valence electrons. The van der Waals surface area contributed by atoms with Crippen LogP contribution in [0, 0.1) is 0 Å². The first-order valence-corrected chi connectivity index (χ1v) is 8.52. The van der Waals surface area contributed by atoms with Crippen LogP contribution in [-0.4, -0.2) is 36.7 Å². The summed E-state index contributed by atoms with van der Waals surface area (Å²) in [6.07, 6.45) is 6.59. The molecule has 7 nitrogen and oxygen atoms in total. The summed E-state index contributed by atoms with van der Waals surface area (Å²) >= 11 is 0. The van der Waals surface area contributed by atoms with Crippen LogP contribution in [-0.2, 0) is 4.79 Å². The molecule has 1 aliphatic carbocycles. The molecule has 0 aliphatic heterocycles. The van der Waals surface area contributed by atoms with Gasteiger partial charge in [0.2, 0.25) is 0 Å². The molecule has 0 saturated heterocycles. The smallest absolute Gasteiger partial charge is 0.335 e. The lowest BCUT2D eigenvalue weighted by Crippen LogP contribution is -2.11. The fraction of sp³-hybridized carbons (Fsp3) is 0.0476. The van der Waals surface area contributed by atoms with Crippen molar-refractivity contribution in [3.8, 4) is 22.8 Å². The molecular weight excluding hydrogens is 358 g/mol. The summed E-state index contributed by atoms with van der Waals surface area (Å²) in [7, 11) is 0. The monoisotopic (exact) mass is 373 g/mol.